The lowest BCUT2D eigenvalue weighted by atomic mass is 9.86. The van der Waals surface area contributed by atoms with Crippen LogP contribution in [0, 0.1) is 20.8 Å². The van der Waals surface area contributed by atoms with Crippen molar-refractivity contribution >= 4 is 0 Å². The Morgan fingerprint density at radius 2 is 1.47 bits per heavy atom. The number of hydrogen-bond donors (Lipinski definition) is 1. The highest BCUT2D eigenvalue weighted by molar-refractivity contribution is 5.40. The number of nitrogens with two attached hydrogens (primary N) is 1. The molecule has 15 heavy (non-hydrogen) atoms. The maximum absolute atomic E-state index is 6.47. The van der Waals surface area contributed by atoms with Gasteiger partial charge in [-0.25, -0.2) is 0 Å². The van der Waals surface area contributed by atoms with Gasteiger partial charge in [0.15, 0.2) is 0 Å². The Labute approximate surface area is 92.7 Å². The first-order valence-electron chi connectivity index (χ1n) is 5.90. The van der Waals surface area contributed by atoms with Gasteiger partial charge in [-0.3, -0.25) is 0 Å². The van der Waals surface area contributed by atoms with Gasteiger partial charge in [0.05, 0.1) is 0 Å². The van der Waals surface area contributed by atoms with Gasteiger partial charge in [0.25, 0.3) is 0 Å². The second kappa shape index (κ2) is 3.64. The molecular weight excluding hydrogens is 182 g/mol. The topological polar surface area (TPSA) is 26.0 Å². The second-order valence-electron chi connectivity index (χ2n) is 5.10. The van der Waals surface area contributed by atoms with Crippen LogP contribution in [-0.2, 0) is 5.54 Å². The molecule has 0 bridgehead atoms. The van der Waals surface area contributed by atoms with Crippen molar-refractivity contribution in [2.45, 2.75) is 52.0 Å². The number of aryl methyl sites for hydroxylation is 2. The van der Waals surface area contributed by atoms with E-state index in [9.17, 15) is 0 Å². The Balaban J connectivity index is 2.45. The van der Waals surface area contributed by atoms with Gasteiger partial charge in [-0.2, -0.15) is 0 Å². The third-order valence-electron chi connectivity index (χ3n) is 4.00. The van der Waals surface area contributed by atoms with Crippen molar-refractivity contribution in [1.29, 1.82) is 0 Å². The normalized spacial score (nSPS) is 19.5. The molecule has 0 saturated heterocycles. The molecule has 0 atom stereocenters. The molecule has 1 saturated carbocycles. The fraction of sp³-hybridized carbons (Fsp3) is 0.571. The Hall–Kier alpha value is -0.820. The van der Waals surface area contributed by atoms with E-state index in [0.717, 1.165) is 12.8 Å². The summed E-state index contributed by atoms with van der Waals surface area (Å²) < 4.78 is 0. The van der Waals surface area contributed by atoms with Gasteiger partial charge in [-0.05, 0) is 55.9 Å². The van der Waals surface area contributed by atoms with E-state index in [1.54, 1.807) is 0 Å². The highest BCUT2D eigenvalue weighted by Gasteiger charge is 2.31. The number of benzene rings is 1. The molecule has 1 fully saturated rings. The standard InChI is InChI=1S/C14H21N/c1-10-8-13(9-11(2)12(10)3)14(15)6-4-5-7-14/h8-9H,4-7,15H2,1-3H3. The molecule has 1 aliphatic carbocycles. The zero-order chi connectivity index (χ0) is 11.1. The van der Waals surface area contributed by atoms with Crippen LogP contribution in [0.4, 0.5) is 0 Å². The first-order valence-corrected chi connectivity index (χ1v) is 5.90. The SMILES string of the molecule is Cc1cc(C2(N)CCCC2)cc(C)c1C. The van der Waals surface area contributed by atoms with Crippen LogP contribution in [0.2, 0.25) is 0 Å². The lowest BCUT2D eigenvalue weighted by molar-refractivity contribution is 0.461. The van der Waals surface area contributed by atoms with Gasteiger partial charge >= 0.3 is 0 Å². The van der Waals surface area contributed by atoms with Crippen molar-refractivity contribution in [3.63, 3.8) is 0 Å². The summed E-state index contributed by atoms with van der Waals surface area (Å²) in [6.07, 6.45) is 4.86. The maximum atomic E-state index is 6.47. The van der Waals surface area contributed by atoms with E-state index in [1.807, 2.05) is 0 Å². The summed E-state index contributed by atoms with van der Waals surface area (Å²) in [6, 6.07) is 4.57. The van der Waals surface area contributed by atoms with Gasteiger partial charge < -0.3 is 5.73 Å². The summed E-state index contributed by atoms with van der Waals surface area (Å²) in [5.74, 6) is 0. The van der Waals surface area contributed by atoms with Crippen molar-refractivity contribution in [2.75, 3.05) is 0 Å². The predicted octanol–water partition coefficient (Wildman–Crippen LogP) is 3.34. The molecule has 1 aromatic rings. The fourth-order valence-corrected chi connectivity index (χ4v) is 2.62. The average molecular weight is 203 g/mol. The summed E-state index contributed by atoms with van der Waals surface area (Å²) in [4.78, 5) is 0. The molecule has 2 N–H and O–H groups in total. The predicted molar refractivity (Wildman–Crippen MR) is 65.0 cm³/mol. The second-order valence-corrected chi connectivity index (χ2v) is 5.10. The van der Waals surface area contributed by atoms with Gasteiger partial charge in [-0.15, -0.1) is 0 Å². The van der Waals surface area contributed by atoms with E-state index in [0.29, 0.717) is 0 Å². The molecule has 0 amide bonds. The first kappa shape index (κ1) is 10.7. The number of hydrogen-bond acceptors (Lipinski definition) is 1. The highest BCUT2D eigenvalue weighted by Crippen LogP contribution is 2.37. The van der Waals surface area contributed by atoms with Crippen LogP contribution in [0.3, 0.4) is 0 Å². The van der Waals surface area contributed by atoms with Crippen LogP contribution in [0.25, 0.3) is 0 Å². The van der Waals surface area contributed by atoms with Crippen molar-refractivity contribution in [3.05, 3.63) is 34.4 Å². The summed E-state index contributed by atoms with van der Waals surface area (Å²) in [6.45, 7) is 6.56. The molecule has 0 unspecified atom stereocenters. The van der Waals surface area contributed by atoms with Crippen LogP contribution in [0.5, 0.6) is 0 Å². The van der Waals surface area contributed by atoms with E-state index in [2.05, 4.69) is 32.9 Å². The van der Waals surface area contributed by atoms with E-state index in [-0.39, 0.29) is 5.54 Å². The van der Waals surface area contributed by atoms with Gasteiger partial charge in [-0.1, -0.05) is 25.0 Å². The van der Waals surface area contributed by atoms with E-state index in [4.69, 9.17) is 5.73 Å². The third-order valence-corrected chi connectivity index (χ3v) is 4.00. The Morgan fingerprint density at radius 1 is 1.00 bits per heavy atom. The van der Waals surface area contributed by atoms with Crippen LogP contribution < -0.4 is 5.73 Å². The Kier molecular flexibility index (Phi) is 2.59. The van der Waals surface area contributed by atoms with Crippen LogP contribution in [0.15, 0.2) is 12.1 Å². The Bertz CT molecular complexity index is 350. The molecular formula is C14H21N. The van der Waals surface area contributed by atoms with Gasteiger partial charge in [0.2, 0.25) is 0 Å². The molecule has 0 radical (unpaired) electrons. The van der Waals surface area contributed by atoms with Crippen molar-refractivity contribution < 1.29 is 0 Å². The monoisotopic (exact) mass is 203 g/mol. The molecule has 82 valence electrons. The smallest absolute Gasteiger partial charge is 0.0409 e. The zero-order valence-corrected chi connectivity index (χ0v) is 10.1. The lowest BCUT2D eigenvalue weighted by Gasteiger charge is -2.25. The van der Waals surface area contributed by atoms with Gasteiger partial charge in [0.1, 0.15) is 0 Å². The quantitative estimate of drug-likeness (QED) is 0.744. The number of rotatable bonds is 1. The molecule has 0 aromatic heterocycles. The van der Waals surface area contributed by atoms with Crippen LogP contribution in [-0.4, -0.2) is 0 Å². The molecule has 1 aromatic carbocycles. The Morgan fingerprint density at radius 3 is 1.93 bits per heavy atom. The fourth-order valence-electron chi connectivity index (χ4n) is 2.62. The summed E-state index contributed by atoms with van der Waals surface area (Å²) in [5.41, 5.74) is 11.9. The van der Waals surface area contributed by atoms with E-state index in [1.165, 1.54) is 35.1 Å². The van der Waals surface area contributed by atoms with Crippen LogP contribution >= 0.6 is 0 Å². The van der Waals surface area contributed by atoms with E-state index < -0.39 is 0 Å². The minimum atomic E-state index is -0.0385. The van der Waals surface area contributed by atoms with Crippen LogP contribution in [0.1, 0.15) is 47.9 Å². The lowest BCUT2D eigenvalue weighted by Crippen LogP contribution is -2.33. The molecule has 1 aliphatic rings. The molecule has 1 heteroatoms. The van der Waals surface area contributed by atoms with Crippen molar-refractivity contribution in [1.82, 2.24) is 0 Å². The van der Waals surface area contributed by atoms with Crippen molar-refractivity contribution in [2.24, 2.45) is 5.73 Å². The van der Waals surface area contributed by atoms with Gasteiger partial charge in [0, 0.05) is 5.54 Å². The highest BCUT2D eigenvalue weighted by atomic mass is 14.8. The zero-order valence-electron chi connectivity index (χ0n) is 10.1. The summed E-state index contributed by atoms with van der Waals surface area (Å²) in [5, 5.41) is 0. The first-order chi connectivity index (χ1) is 7.03. The maximum Gasteiger partial charge on any atom is 0.0409 e. The molecule has 0 heterocycles. The summed E-state index contributed by atoms with van der Waals surface area (Å²) >= 11 is 0. The minimum absolute atomic E-state index is 0.0385. The van der Waals surface area contributed by atoms with Crippen molar-refractivity contribution in [3.8, 4) is 0 Å². The minimum Gasteiger partial charge on any atom is -0.321 e. The third kappa shape index (κ3) is 1.81. The molecule has 0 aliphatic heterocycles. The largest absolute Gasteiger partial charge is 0.321 e. The molecule has 1 nitrogen and oxygen atoms in total. The van der Waals surface area contributed by atoms with E-state index >= 15 is 0 Å². The summed E-state index contributed by atoms with van der Waals surface area (Å²) in [7, 11) is 0. The molecule has 0 spiro atoms. The average Bonchev–Trinajstić information content (AvgIpc) is 2.62. The molecule has 2 rings (SSSR count).